The molecule has 1 heterocycles. The Labute approximate surface area is 159 Å². The number of anilines is 2. The fourth-order valence-corrected chi connectivity index (χ4v) is 3.74. The van der Waals surface area contributed by atoms with Crippen molar-refractivity contribution in [2.45, 2.75) is 39.0 Å². The van der Waals surface area contributed by atoms with Gasteiger partial charge in [0.2, 0.25) is 6.41 Å². The van der Waals surface area contributed by atoms with Crippen LogP contribution in [0.25, 0.3) is 22.0 Å². The second kappa shape index (κ2) is 7.06. The van der Waals surface area contributed by atoms with E-state index in [0.717, 1.165) is 47.4 Å². The summed E-state index contributed by atoms with van der Waals surface area (Å²) in [5, 5.41) is 12.4. The average Bonchev–Trinajstić information content (AvgIpc) is 3.46. The van der Waals surface area contributed by atoms with Gasteiger partial charge in [0.15, 0.2) is 0 Å². The Bertz CT molecular complexity index is 1000. The molecule has 0 atom stereocenters. The second-order valence-electron chi connectivity index (χ2n) is 7.38. The van der Waals surface area contributed by atoms with Gasteiger partial charge in [0.25, 0.3) is 0 Å². The number of hydrogen-bond acceptors (Lipinski definition) is 3. The van der Waals surface area contributed by atoms with Crippen molar-refractivity contribution < 1.29 is 4.79 Å². The topological polar surface area (TPSA) is 59.0 Å². The first-order valence-corrected chi connectivity index (χ1v) is 9.68. The first-order valence-electron chi connectivity index (χ1n) is 9.68. The van der Waals surface area contributed by atoms with Gasteiger partial charge < -0.3 is 10.6 Å². The van der Waals surface area contributed by atoms with Crippen LogP contribution in [0.1, 0.15) is 43.4 Å². The maximum absolute atomic E-state index is 11.2. The number of carbonyl (C=O) groups is 1. The molecule has 0 unspecified atom stereocenters. The SMILES string of the molecule is CCCNc1c(-c2ccc3c(c2)c(C2CC2)nn3C)ccc(C)c1NC=O. The minimum Gasteiger partial charge on any atom is -0.383 e. The minimum absolute atomic E-state index is 0.604. The Morgan fingerprint density at radius 2 is 2.04 bits per heavy atom. The molecule has 0 bridgehead atoms. The molecule has 0 radical (unpaired) electrons. The molecule has 1 saturated carbocycles. The van der Waals surface area contributed by atoms with Crippen LogP contribution in [-0.4, -0.2) is 22.7 Å². The molecule has 1 fully saturated rings. The first-order chi connectivity index (χ1) is 13.1. The molecule has 0 aliphatic heterocycles. The summed E-state index contributed by atoms with van der Waals surface area (Å²) in [6, 6.07) is 10.8. The van der Waals surface area contributed by atoms with Crippen LogP contribution in [0, 0.1) is 6.92 Å². The Balaban J connectivity index is 1.88. The van der Waals surface area contributed by atoms with Crippen molar-refractivity contribution in [2.75, 3.05) is 17.2 Å². The fraction of sp³-hybridized carbons (Fsp3) is 0.364. The van der Waals surface area contributed by atoms with Crippen LogP contribution in [0.3, 0.4) is 0 Å². The second-order valence-corrected chi connectivity index (χ2v) is 7.38. The lowest BCUT2D eigenvalue weighted by Crippen LogP contribution is -2.07. The number of amides is 1. The monoisotopic (exact) mass is 362 g/mol. The first kappa shape index (κ1) is 17.6. The van der Waals surface area contributed by atoms with E-state index in [0.29, 0.717) is 5.92 Å². The quantitative estimate of drug-likeness (QED) is 0.593. The highest BCUT2D eigenvalue weighted by atomic mass is 16.1. The van der Waals surface area contributed by atoms with Crippen LogP contribution in [0.5, 0.6) is 0 Å². The van der Waals surface area contributed by atoms with Gasteiger partial charge in [-0.3, -0.25) is 9.48 Å². The molecule has 5 heteroatoms. The van der Waals surface area contributed by atoms with Crippen LogP contribution in [-0.2, 0) is 11.8 Å². The van der Waals surface area contributed by atoms with Gasteiger partial charge in [-0.1, -0.05) is 25.1 Å². The van der Waals surface area contributed by atoms with Gasteiger partial charge in [0, 0.05) is 30.5 Å². The molecule has 1 amide bonds. The van der Waals surface area contributed by atoms with Crippen LogP contribution in [0.2, 0.25) is 0 Å². The van der Waals surface area contributed by atoms with Gasteiger partial charge in [0.1, 0.15) is 0 Å². The lowest BCUT2D eigenvalue weighted by molar-refractivity contribution is -0.105. The van der Waals surface area contributed by atoms with Gasteiger partial charge in [-0.15, -0.1) is 0 Å². The number of carbonyl (C=O) groups excluding carboxylic acids is 1. The maximum Gasteiger partial charge on any atom is 0.211 e. The van der Waals surface area contributed by atoms with E-state index in [1.807, 2.05) is 18.7 Å². The molecule has 2 N–H and O–H groups in total. The van der Waals surface area contributed by atoms with E-state index in [2.05, 4.69) is 47.9 Å². The van der Waals surface area contributed by atoms with Crippen molar-refractivity contribution in [2.24, 2.45) is 7.05 Å². The molecule has 1 aliphatic carbocycles. The third-order valence-corrected chi connectivity index (χ3v) is 5.32. The van der Waals surface area contributed by atoms with E-state index in [4.69, 9.17) is 5.10 Å². The number of benzene rings is 2. The average molecular weight is 362 g/mol. The molecule has 0 spiro atoms. The van der Waals surface area contributed by atoms with Gasteiger partial charge in [-0.25, -0.2) is 0 Å². The summed E-state index contributed by atoms with van der Waals surface area (Å²) >= 11 is 0. The van der Waals surface area contributed by atoms with Crippen molar-refractivity contribution >= 4 is 28.7 Å². The zero-order valence-electron chi connectivity index (χ0n) is 16.2. The number of nitrogens with zero attached hydrogens (tertiary/aromatic N) is 2. The molecular formula is C22H26N4O. The zero-order valence-corrected chi connectivity index (χ0v) is 16.2. The van der Waals surface area contributed by atoms with Crippen molar-refractivity contribution in [1.82, 2.24) is 9.78 Å². The highest BCUT2D eigenvalue weighted by Crippen LogP contribution is 2.44. The lowest BCUT2D eigenvalue weighted by atomic mass is 9.97. The lowest BCUT2D eigenvalue weighted by Gasteiger charge is -2.18. The van der Waals surface area contributed by atoms with Gasteiger partial charge in [0.05, 0.1) is 22.6 Å². The summed E-state index contributed by atoms with van der Waals surface area (Å²) in [5.41, 5.74) is 7.52. The van der Waals surface area contributed by atoms with E-state index < -0.39 is 0 Å². The summed E-state index contributed by atoms with van der Waals surface area (Å²) in [6.45, 7) is 5.01. The standard InChI is InChI=1S/C22H26N4O/c1-4-11-23-22-17(9-5-14(2)20(22)24-13-27)16-8-10-19-18(12-16)21(15-6-7-15)25-26(19)3/h5,8-10,12-13,15,23H,4,6-7,11H2,1-3H3,(H,24,27). The van der Waals surface area contributed by atoms with E-state index in [1.54, 1.807) is 0 Å². The Morgan fingerprint density at radius 3 is 2.74 bits per heavy atom. The van der Waals surface area contributed by atoms with Crippen molar-refractivity contribution in [3.63, 3.8) is 0 Å². The summed E-state index contributed by atoms with van der Waals surface area (Å²) in [7, 11) is 2.01. The number of fused-ring (bicyclic) bond motifs is 1. The molecule has 27 heavy (non-hydrogen) atoms. The number of aromatic nitrogens is 2. The van der Waals surface area contributed by atoms with Crippen LogP contribution in [0.15, 0.2) is 30.3 Å². The number of hydrogen-bond donors (Lipinski definition) is 2. The predicted molar refractivity (Wildman–Crippen MR) is 111 cm³/mol. The van der Waals surface area contributed by atoms with Crippen molar-refractivity contribution in [1.29, 1.82) is 0 Å². The van der Waals surface area contributed by atoms with E-state index in [9.17, 15) is 4.79 Å². The van der Waals surface area contributed by atoms with Crippen LogP contribution >= 0.6 is 0 Å². The third kappa shape index (κ3) is 3.18. The highest BCUT2D eigenvalue weighted by Gasteiger charge is 2.29. The highest BCUT2D eigenvalue weighted by molar-refractivity contribution is 5.96. The Hall–Kier alpha value is -2.82. The maximum atomic E-state index is 11.2. The molecule has 4 rings (SSSR count). The minimum atomic E-state index is 0.604. The summed E-state index contributed by atoms with van der Waals surface area (Å²) in [5.74, 6) is 0.604. The van der Waals surface area contributed by atoms with E-state index >= 15 is 0 Å². The third-order valence-electron chi connectivity index (χ3n) is 5.32. The normalized spacial score (nSPS) is 13.7. The molecular weight excluding hydrogens is 336 g/mol. The van der Waals surface area contributed by atoms with Gasteiger partial charge >= 0.3 is 0 Å². The largest absolute Gasteiger partial charge is 0.383 e. The molecule has 1 aliphatic rings. The Kier molecular flexibility index (Phi) is 4.60. The molecule has 140 valence electrons. The smallest absolute Gasteiger partial charge is 0.211 e. The summed E-state index contributed by atoms with van der Waals surface area (Å²) in [4.78, 5) is 11.2. The molecule has 0 saturated heterocycles. The van der Waals surface area contributed by atoms with E-state index in [1.165, 1.54) is 29.4 Å². The van der Waals surface area contributed by atoms with Gasteiger partial charge in [-0.05, 0) is 49.4 Å². The molecule has 2 aromatic carbocycles. The number of nitrogens with one attached hydrogen (secondary N) is 2. The van der Waals surface area contributed by atoms with Crippen LogP contribution < -0.4 is 10.6 Å². The summed E-state index contributed by atoms with van der Waals surface area (Å²) in [6.07, 6.45) is 4.23. The summed E-state index contributed by atoms with van der Waals surface area (Å²) < 4.78 is 1.98. The number of rotatable bonds is 7. The molecule has 3 aromatic rings. The molecule has 1 aromatic heterocycles. The Morgan fingerprint density at radius 1 is 1.22 bits per heavy atom. The van der Waals surface area contributed by atoms with Crippen molar-refractivity contribution in [3.05, 3.63) is 41.6 Å². The number of aryl methyl sites for hydroxylation is 2. The predicted octanol–water partition coefficient (Wildman–Crippen LogP) is 4.82. The fourth-order valence-electron chi connectivity index (χ4n) is 3.74. The molecule has 5 nitrogen and oxygen atoms in total. The van der Waals surface area contributed by atoms with Crippen LogP contribution in [0.4, 0.5) is 11.4 Å². The van der Waals surface area contributed by atoms with E-state index in [-0.39, 0.29) is 0 Å². The van der Waals surface area contributed by atoms with Gasteiger partial charge in [-0.2, -0.15) is 5.10 Å². The van der Waals surface area contributed by atoms with Crippen molar-refractivity contribution in [3.8, 4) is 11.1 Å². The zero-order chi connectivity index (χ0) is 19.0.